The minimum absolute atomic E-state index is 0.0157. The van der Waals surface area contributed by atoms with E-state index in [1.165, 1.54) is 0 Å². The smallest absolute Gasteiger partial charge is 0.315 e. The van der Waals surface area contributed by atoms with Crippen molar-refractivity contribution in [2.24, 2.45) is 5.73 Å². The van der Waals surface area contributed by atoms with Crippen LogP contribution in [0, 0.1) is 0 Å². The van der Waals surface area contributed by atoms with Gasteiger partial charge in [-0.1, -0.05) is 12.1 Å². The molecule has 12 nitrogen and oxygen atoms in total. The van der Waals surface area contributed by atoms with Gasteiger partial charge in [-0.2, -0.15) is 0 Å². The lowest BCUT2D eigenvalue weighted by Crippen LogP contribution is -2.58. The zero-order chi connectivity index (χ0) is 33.8. The molecule has 1 fully saturated rings. The van der Waals surface area contributed by atoms with Crippen LogP contribution < -0.4 is 26.6 Å². The van der Waals surface area contributed by atoms with Crippen molar-refractivity contribution in [1.29, 1.82) is 0 Å². The number of rotatable bonds is 14. The Hall–Kier alpha value is -3.88. The molecule has 1 aromatic heterocycles. The lowest BCUT2D eigenvalue weighted by Gasteiger charge is -2.37. The van der Waals surface area contributed by atoms with Crippen molar-refractivity contribution in [3.63, 3.8) is 0 Å². The quantitative estimate of drug-likeness (QED) is 0.135. The number of halogens is 2. The van der Waals surface area contributed by atoms with Gasteiger partial charge in [-0.3, -0.25) is 14.6 Å². The fraction of sp³-hybridized carbons (Fsp3) is 0.394. The molecule has 14 heteroatoms. The molecule has 47 heavy (non-hydrogen) atoms. The highest BCUT2D eigenvalue weighted by Crippen LogP contribution is 2.33. The van der Waals surface area contributed by atoms with Gasteiger partial charge in [-0.05, 0) is 112 Å². The van der Waals surface area contributed by atoms with Crippen molar-refractivity contribution < 1.29 is 24.6 Å². The van der Waals surface area contributed by atoms with Crippen LogP contribution >= 0.6 is 31.9 Å². The molecule has 252 valence electrons. The number of anilines is 1. The van der Waals surface area contributed by atoms with Gasteiger partial charge in [-0.15, -0.1) is 0 Å². The van der Waals surface area contributed by atoms with Crippen molar-refractivity contribution in [3.05, 3.63) is 81.0 Å². The Morgan fingerprint density at radius 1 is 0.894 bits per heavy atom. The van der Waals surface area contributed by atoms with E-state index >= 15 is 0 Å². The number of pyridine rings is 1. The molecule has 1 saturated heterocycles. The monoisotopic (exact) mass is 773 g/mol. The predicted octanol–water partition coefficient (Wildman–Crippen LogP) is 3.43. The number of nitrogens with one attached hydrogen (secondary N) is 3. The van der Waals surface area contributed by atoms with Crippen LogP contribution in [0.2, 0.25) is 0 Å². The van der Waals surface area contributed by atoms with Gasteiger partial charge in [0, 0.05) is 57.2 Å². The second kappa shape index (κ2) is 17.9. The number of phenolic OH excluding ortho intramolecular Hbond substituents is 2. The van der Waals surface area contributed by atoms with Crippen molar-refractivity contribution in [2.75, 3.05) is 44.2 Å². The summed E-state index contributed by atoms with van der Waals surface area (Å²) in [6.45, 7) is 3.04. The molecular weight excluding hydrogens is 734 g/mol. The number of phenols is 2. The molecule has 4 amide bonds. The molecule has 1 aliphatic rings. The van der Waals surface area contributed by atoms with E-state index in [9.17, 15) is 24.6 Å². The van der Waals surface area contributed by atoms with E-state index in [2.05, 4.69) is 57.7 Å². The standard InChI is InChI=1S/C33H41Br2N7O5/c34-26-19-23(20-27(35)30(26)44)21-29(40-33(47)38-13-7-22-4-3-5-25(43)18-22)31(45)39-28(6-1-2-10-36)32(46)42-16-14-41(15-17-42)24-8-11-37-12-9-24/h3-5,8-9,11-12,18-20,28-29,43-44H,1-2,6-7,10,13-17,21,36H2,(H,39,45)(H2,38,40,47)/t28-,29-/m0/s1. The van der Waals surface area contributed by atoms with Crippen LogP contribution in [0.3, 0.4) is 0 Å². The van der Waals surface area contributed by atoms with Crippen molar-refractivity contribution in [2.45, 2.75) is 44.2 Å². The predicted molar refractivity (Wildman–Crippen MR) is 187 cm³/mol. The molecular formula is C33H41Br2N7O5. The summed E-state index contributed by atoms with van der Waals surface area (Å²) in [4.78, 5) is 48.7. The number of hydrogen-bond donors (Lipinski definition) is 6. The summed E-state index contributed by atoms with van der Waals surface area (Å²) in [6.07, 6.45) is 5.81. The van der Waals surface area contributed by atoms with E-state index in [-0.39, 0.29) is 30.4 Å². The van der Waals surface area contributed by atoms with Crippen LogP contribution in [0.15, 0.2) is 69.9 Å². The van der Waals surface area contributed by atoms with Gasteiger partial charge in [0.2, 0.25) is 11.8 Å². The summed E-state index contributed by atoms with van der Waals surface area (Å²) in [5.74, 6) is -0.521. The summed E-state index contributed by atoms with van der Waals surface area (Å²) in [5, 5.41) is 28.4. The van der Waals surface area contributed by atoms with Gasteiger partial charge in [0.25, 0.3) is 0 Å². The molecule has 2 heterocycles. The van der Waals surface area contributed by atoms with Gasteiger partial charge >= 0.3 is 6.03 Å². The van der Waals surface area contributed by atoms with E-state index in [0.29, 0.717) is 72.9 Å². The van der Waals surface area contributed by atoms with Crippen LogP contribution in [-0.2, 0) is 22.4 Å². The summed E-state index contributed by atoms with van der Waals surface area (Å²) in [6, 6.07) is 11.6. The zero-order valence-electron chi connectivity index (χ0n) is 26.0. The first-order valence-electron chi connectivity index (χ1n) is 15.6. The van der Waals surface area contributed by atoms with Crippen molar-refractivity contribution >= 4 is 55.4 Å². The number of urea groups is 1. The number of nitrogens with two attached hydrogens (primary N) is 1. The largest absolute Gasteiger partial charge is 0.508 e. The Labute approximate surface area is 291 Å². The van der Waals surface area contributed by atoms with E-state index < -0.39 is 24.0 Å². The normalized spacial score (nSPS) is 14.3. The summed E-state index contributed by atoms with van der Waals surface area (Å²) in [5.41, 5.74) is 8.28. The van der Waals surface area contributed by atoms with E-state index in [4.69, 9.17) is 5.73 Å². The molecule has 0 spiro atoms. The Morgan fingerprint density at radius 2 is 1.60 bits per heavy atom. The molecule has 0 radical (unpaired) electrons. The second-order valence-corrected chi connectivity index (χ2v) is 13.1. The number of hydrogen-bond acceptors (Lipinski definition) is 8. The minimum Gasteiger partial charge on any atom is -0.508 e. The highest BCUT2D eigenvalue weighted by Gasteiger charge is 2.31. The first-order chi connectivity index (χ1) is 22.6. The molecule has 2 atom stereocenters. The number of carbonyl (C=O) groups is 3. The molecule has 3 aromatic rings. The van der Waals surface area contributed by atoms with Crippen LogP contribution in [0.25, 0.3) is 0 Å². The number of aromatic hydroxyl groups is 2. The Balaban J connectivity index is 1.45. The highest BCUT2D eigenvalue weighted by atomic mass is 79.9. The van der Waals surface area contributed by atoms with E-state index in [1.807, 2.05) is 18.2 Å². The SMILES string of the molecule is NCCCC[C@H](NC(=O)[C@H](Cc1cc(Br)c(O)c(Br)c1)NC(=O)NCCc1cccc(O)c1)C(=O)N1CCN(c2ccncc2)CC1. The van der Waals surface area contributed by atoms with Crippen molar-refractivity contribution in [3.8, 4) is 11.5 Å². The molecule has 0 saturated carbocycles. The lowest BCUT2D eigenvalue weighted by molar-refractivity contribution is -0.137. The number of benzene rings is 2. The summed E-state index contributed by atoms with van der Waals surface area (Å²) in [7, 11) is 0. The van der Waals surface area contributed by atoms with E-state index in [0.717, 1.165) is 11.3 Å². The van der Waals surface area contributed by atoms with Crippen LogP contribution in [0.4, 0.5) is 10.5 Å². The average Bonchev–Trinajstić information content (AvgIpc) is 3.06. The lowest BCUT2D eigenvalue weighted by atomic mass is 10.0. The minimum atomic E-state index is -1.03. The number of aromatic nitrogens is 1. The van der Waals surface area contributed by atoms with Crippen LogP contribution in [0.5, 0.6) is 11.5 Å². The number of unbranched alkanes of at least 4 members (excludes halogenated alkanes) is 1. The molecule has 0 unspecified atom stereocenters. The zero-order valence-corrected chi connectivity index (χ0v) is 29.2. The number of nitrogens with zero attached hydrogens (tertiary/aromatic N) is 3. The number of amides is 4. The molecule has 7 N–H and O–H groups in total. The summed E-state index contributed by atoms with van der Waals surface area (Å²) < 4.78 is 0.856. The third-order valence-corrected chi connectivity index (χ3v) is 9.14. The maximum atomic E-state index is 13.9. The van der Waals surface area contributed by atoms with Crippen LogP contribution in [-0.4, -0.2) is 89.3 Å². The Bertz CT molecular complexity index is 1480. The van der Waals surface area contributed by atoms with E-state index in [1.54, 1.807) is 47.6 Å². The first kappa shape index (κ1) is 36.0. The summed E-state index contributed by atoms with van der Waals surface area (Å²) >= 11 is 6.66. The fourth-order valence-corrected chi connectivity index (χ4v) is 6.69. The van der Waals surface area contributed by atoms with Gasteiger partial charge < -0.3 is 41.7 Å². The van der Waals surface area contributed by atoms with Gasteiger partial charge in [0.15, 0.2) is 0 Å². The van der Waals surface area contributed by atoms with Gasteiger partial charge in [0.05, 0.1) is 8.95 Å². The maximum absolute atomic E-state index is 13.9. The molecule has 2 aromatic carbocycles. The second-order valence-electron chi connectivity index (χ2n) is 11.3. The topological polar surface area (TPSA) is 173 Å². The molecule has 0 aliphatic carbocycles. The Morgan fingerprint density at radius 3 is 2.26 bits per heavy atom. The van der Waals surface area contributed by atoms with Gasteiger partial charge in [0.1, 0.15) is 23.6 Å². The van der Waals surface area contributed by atoms with Crippen LogP contribution in [0.1, 0.15) is 30.4 Å². The van der Waals surface area contributed by atoms with Crippen molar-refractivity contribution in [1.82, 2.24) is 25.8 Å². The third-order valence-electron chi connectivity index (χ3n) is 7.93. The number of carbonyl (C=O) groups excluding carboxylic acids is 3. The number of piperazine rings is 1. The maximum Gasteiger partial charge on any atom is 0.315 e. The molecule has 1 aliphatic heterocycles. The Kier molecular flexibility index (Phi) is 13.7. The first-order valence-corrected chi connectivity index (χ1v) is 17.2. The highest BCUT2D eigenvalue weighted by molar-refractivity contribution is 9.11. The molecule has 4 rings (SSSR count). The molecule has 0 bridgehead atoms. The third kappa shape index (κ3) is 10.8. The average molecular weight is 776 g/mol. The van der Waals surface area contributed by atoms with Gasteiger partial charge in [-0.25, -0.2) is 4.79 Å². The fourth-order valence-electron chi connectivity index (χ4n) is 5.41.